The molecule has 2 unspecified atom stereocenters. The number of imidazole rings is 1. The number of hydrogen-bond acceptors (Lipinski definition) is 3. The van der Waals surface area contributed by atoms with Crippen LogP contribution in [0.25, 0.3) is 11.0 Å². The summed E-state index contributed by atoms with van der Waals surface area (Å²) < 4.78 is 30.9. The normalized spacial score (nSPS) is 14.1. The van der Waals surface area contributed by atoms with E-state index in [0.717, 1.165) is 10.6 Å². The van der Waals surface area contributed by atoms with Gasteiger partial charge in [0.15, 0.2) is 0 Å². The molecule has 0 spiro atoms. The molecule has 7 heteroatoms. The number of aliphatic hydroxyl groups is 2. The minimum Gasteiger partial charge on any atom is -0.394 e. The molecule has 5 nitrogen and oxygen atoms in total. The van der Waals surface area contributed by atoms with E-state index in [4.69, 9.17) is 0 Å². The summed E-state index contributed by atoms with van der Waals surface area (Å²) >= 11 is 0. The second kappa shape index (κ2) is 7.01. The quantitative estimate of drug-likeness (QED) is 0.733. The predicted octanol–water partition coefficient (Wildman–Crippen LogP) is 2.60. The molecule has 0 aliphatic heterocycles. The maximum Gasteiger partial charge on any atom is 0.330 e. The molecule has 0 aliphatic carbocycles. The van der Waals surface area contributed by atoms with Crippen molar-refractivity contribution in [2.24, 2.45) is 0 Å². The number of benzene rings is 2. The van der Waals surface area contributed by atoms with Gasteiger partial charge in [0.1, 0.15) is 23.3 Å². The van der Waals surface area contributed by atoms with Gasteiger partial charge in [-0.15, -0.1) is 0 Å². The van der Waals surface area contributed by atoms with Crippen LogP contribution >= 0.6 is 0 Å². The predicted molar refractivity (Wildman–Crippen MR) is 94.2 cm³/mol. The lowest BCUT2D eigenvalue weighted by Gasteiger charge is -2.23. The Balaban J connectivity index is 2.40. The van der Waals surface area contributed by atoms with Crippen molar-refractivity contribution < 1.29 is 19.0 Å². The van der Waals surface area contributed by atoms with E-state index in [0.29, 0.717) is 5.52 Å². The molecule has 0 radical (unpaired) electrons. The standard InChI is InChI=1S/C19H20F2N2O3/c1-11(2)22-15-8-4-7-14(21)18(15)23(19(22)26)17(16(25)10-24)12-5-3-6-13(20)9-12/h3-9,11,16-17,24-25H,10H2,1-2H3. The number of para-hydroxylation sites is 1. The fourth-order valence-electron chi connectivity index (χ4n) is 3.34. The molecule has 2 atom stereocenters. The summed E-state index contributed by atoms with van der Waals surface area (Å²) in [6, 6.07) is 8.29. The molecule has 3 rings (SSSR count). The van der Waals surface area contributed by atoms with Crippen LogP contribution in [0.15, 0.2) is 47.3 Å². The summed E-state index contributed by atoms with van der Waals surface area (Å²) in [5, 5.41) is 19.9. The van der Waals surface area contributed by atoms with Crippen molar-refractivity contribution in [1.82, 2.24) is 9.13 Å². The van der Waals surface area contributed by atoms with Gasteiger partial charge in [-0.05, 0) is 43.7 Å². The SMILES string of the molecule is CC(C)n1c(=O)n(C(c2cccc(F)c2)C(O)CO)c2c(F)cccc21. The summed E-state index contributed by atoms with van der Waals surface area (Å²) in [5.74, 6) is -1.19. The highest BCUT2D eigenvalue weighted by Gasteiger charge is 2.30. The summed E-state index contributed by atoms with van der Waals surface area (Å²) in [6.45, 7) is 2.90. The van der Waals surface area contributed by atoms with E-state index in [1.165, 1.54) is 34.9 Å². The van der Waals surface area contributed by atoms with Crippen molar-refractivity contribution in [2.75, 3.05) is 6.61 Å². The molecule has 0 saturated heterocycles. The zero-order valence-electron chi connectivity index (χ0n) is 14.4. The molecule has 0 aliphatic rings. The van der Waals surface area contributed by atoms with Gasteiger partial charge in [0, 0.05) is 6.04 Å². The molecule has 0 amide bonds. The zero-order valence-corrected chi connectivity index (χ0v) is 14.4. The zero-order chi connectivity index (χ0) is 19.0. The van der Waals surface area contributed by atoms with E-state index in [2.05, 4.69) is 0 Å². The third-order valence-corrected chi connectivity index (χ3v) is 4.41. The number of fused-ring (bicyclic) bond motifs is 1. The van der Waals surface area contributed by atoms with Gasteiger partial charge in [-0.2, -0.15) is 0 Å². The Bertz CT molecular complexity index is 994. The molecule has 2 aromatic carbocycles. The highest BCUT2D eigenvalue weighted by atomic mass is 19.1. The van der Waals surface area contributed by atoms with Crippen LogP contribution in [0.2, 0.25) is 0 Å². The lowest BCUT2D eigenvalue weighted by Crippen LogP contribution is -2.36. The van der Waals surface area contributed by atoms with Crippen LogP contribution in [0, 0.1) is 11.6 Å². The Morgan fingerprint density at radius 2 is 1.77 bits per heavy atom. The molecular weight excluding hydrogens is 342 g/mol. The molecule has 3 aromatic rings. The molecule has 1 aromatic heterocycles. The number of aromatic nitrogens is 2. The molecular formula is C19H20F2N2O3. The molecule has 2 N–H and O–H groups in total. The van der Waals surface area contributed by atoms with Crippen molar-refractivity contribution in [3.8, 4) is 0 Å². The Morgan fingerprint density at radius 3 is 2.38 bits per heavy atom. The van der Waals surface area contributed by atoms with Gasteiger partial charge in [-0.25, -0.2) is 13.6 Å². The molecule has 26 heavy (non-hydrogen) atoms. The Kier molecular flexibility index (Phi) is 4.93. The van der Waals surface area contributed by atoms with Gasteiger partial charge in [0.2, 0.25) is 0 Å². The lowest BCUT2D eigenvalue weighted by atomic mass is 10.0. The maximum absolute atomic E-state index is 14.6. The van der Waals surface area contributed by atoms with Gasteiger partial charge in [-0.1, -0.05) is 18.2 Å². The van der Waals surface area contributed by atoms with Crippen LogP contribution < -0.4 is 5.69 Å². The van der Waals surface area contributed by atoms with Gasteiger partial charge < -0.3 is 10.2 Å². The third kappa shape index (κ3) is 2.93. The number of rotatable bonds is 5. The minimum atomic E-state index is -1.42. The largest absolute Gasteiger partial charge is 0.394 e. The van der Waals surface area contributed by atoms with Crippen LogP contribution in [-0.4, -0.2) is 32.1 Å². The number of halogens is 2. The summed E-state index contributed by atoms with van der Waals surface area (Å²) in [4.78, 5) is 13.1. The van der Waals surface area contributed by atoms with Gasteiger partial charge in [-0.3, -0.25) is 9.13 Å². The van der Waals surface area contributed by atoms with E-state index in [9.17, 15) is 23.8 Å². The van der Waals surface area contributed by atoms with Crippen LogP contribution in [0.5, 0.6) is 0 Å². The lowest BCUT2D eigenvalue weighted by molar-refractivity contribution is 0.0638. The van der Waals surface area contributed by atoms with Crippen molar-refractivity contribution >= 4 is 11.0 Å². The minimum absolute atomic E-state index is 0.00737. The topological polar surface area (TPSA) is 67.4 Å². The Hall–Kier alpha value is -2.51. The maximum atomic E-state index is 14.6. The van der Waals surface area contributed by atoms with Crippen molar-refractivity contribution in [2.45, 2.75) is 32.0 Å². The van der Waals surface area contributed by atoms with Gasteiger partial charge in [0.05, 0.1) is 18.2 Å². The van der Waals surface area contributed by atoms with E-state index in [-0.39, 0.29) is 17.1 Å². The van der Waals surface area contributed by atoms with Crippen LogP contribution in [0.4, 0.5) is 8.78 Å². The van der Waals surface area contributed by atoms with E-state index in [1.54, 1.807) is 19.9 Å². The first-order valence-electron chi connectivity index (χ1n) is 8.32. The second-order valence-corrected chi connectivity index (χ2v) is 6.47. The fraction of sp³-hybridized carbons (Fsp3) is 0.316. The molecule has 0 bridgehead atoms. The van der Waals surface area contributed by atoms with Crippen molar-refractivity contribution in [3.63, 3.8) is 0 Å². The first kappa shape index (κ1) is 18.3. The van der Waals surface area contributed by atoms with Crippen molar-refractivity contribution in [1.29, 1.82) is 0 Å². The van der Waals surface area contributed by atoms with E-state index >= 15 is 0 Å². The van der Waals surface area contributed by atoms with Gasteiger partial charge in [0.25, 0.3) is 0 Å². The highest BCUT2D eigenvalue weighted by Crippen LogP contribution is 2.29. The molecule has 0 fully saturated rings. The van der Waals surface area contributed by atoms with Gasteiger partial charge >= 0.3 is 5.69 Å². The Labute approximate surface area is 148 Å². The highest BCUT2D eigenvalue weighted by molar-refractivity contribution is 5.77. The average molecular weight is 362 g/mol. The summed E-state index contributed by atoms with van der Waals surface area (Å²) in [7, 11) is 0. The van der Waals surface area contributed by atoms with Crippen molar-refractivity contribution in [3.05, 3.63) is 70.1 Å². The summed E-state index contributed by atoms with van der Waals surface area (Å²) in [6.07, 6.45) is -1.42. The number of aliphatic hydroxyl groups excluding tert-OH is 2. The monoisotopic (exact) mass is 362 g/mol. The van der Waals surface area contributed by atoms with Crippen LogP contribution in [0.1, 0.15) is 31.5 Å². The van der Waals surface area contributed by atoms with Crippen LogP contribution in [-0.2, 0) is 0 Å². The molecule has 0 saturated carbocycles. The van der Waals surface area contributed by atoms with E-state index < -0.39 is 36.1 Å². The first-order valence-corrected chi connectivity index (χ1v) is 8.32. The number of nitrogens with zero attached hydrogens (tertiary/aromatic N) is 2. The molecule has 138 valence electrons. The summed E-state index contributed by atoms with van der Waals surface area (Å²) in [5.41, 5.74) is 0.103. The number of hydrogen-bond donors (Lipinski definition) is 2. The average Bonchev–Trinajstić information content (AvgIpc) is 2.89. The smallest absolute Gasteiger partial charge is 0.330 e. The Morgan fingerprint density at radius 1 is 1.08 bits per heavy atom. The first-order chi connectivity index (χ1) is 12.4. The molecule has 1 heterocycles. The second-order valence-electron chi connectivity index (χ2n) is 6.47. The van der Waals surface area contributed by atoms with Crippen LogP contribution in [0.3, 0.4) is 0 Å². The fourth-order valence-corrected chi connectivity index (χ4v) is 3.34. The van der Waals surface area contributed by atoms with E-state index in [1.807, 2.05) is 0 Å². The third-order valence-electron chi connectivity index (χ3n) is 4.41.